The van der Waals surface area contributed by atoms with Gasteiger partial charge in [0.15, 0.2) is 5.69 Å². The van der Waals surface area contributed by atoms with Gasteiger partial charge in [-0.05, 0) is 51.2 Å². The van der Waals surface area contributed by atoms with Crippen molar-refractivity contribution in [3.63, 3.8) is 0 Å². The van der Waals surface area contributed by atoms with Gasteiger partial charge in [-0.25, -0.2) is 4.68 Å². The van der Waals surface area contributed by atoms with Crippen LogP contribution in [-0.4, -0.2) is 53.9 Å². The van der Waals surface area contributed by atoms with Crippen LogP contribution in [0, 0.1) is 0 Å². The first-order chi connectivity index (χ1) is 11.0. The Balaban J connectivity index is 1.94. The Morgan fingerprint density at radius 1 is 1.30 bits per heavy atom. The van der Waals surface area contributed by atoms with Crippen LogP contribution in [0.3, 0.4) is 0 Å². The molecular weight excluding hydrogens is 292 g/mol. The molecule has 1 aromatic carbocycles. The van der Waals surface area contributed by atoms with Gasteiger partial charge in [0.1, 0.15) is 5.75 Å². The van der Waals surface area contributed by atoms with E-state index in [1.165, 1.54) is 0 Å². The van der Waals surface area contributed by atoms with Gasteiger partial charge < -0.3 is 15.0 Å². The van der Waals surface area contributed by atoms with E-state index >= 15 is 0 Å². The van der Waals surface area contributed by atoms with Gasteiger partial charge in [-0.15, -0.1) is 0 Å². The predicted molar refractivity (Wildman–Crippen MR) is 90.2 cm³/mol. The molecule has 1 N–H and O–H groups in total. The van der Waals surface area contributed by atoms with Gasteiger partial charge in [0.2, 0.25) is 0 Å². The van der Waals surface area contributed by atoms with Crippen LogP contribution in [0.2, 0.25) is 0 Å². The third-order valence-electron chi connectivity index (χ3n) is 3.79. The van der Waals surface area contributed by atoms with Crippen molar-refractivity contribution in [1.29, 1.82) is 0 Å². The Morgan fingerprint density at radius 3 is 2.61 bits per heavy atom. The Labute approximate surface area is 137 Å². The second-order valence-corrected chi connectivity index (χ2v) is 5.67. The number of carbonyl (C=O) groups excluding carboxylic acids is 1. The Morgan fingerprint density at radius 2 is 2.00 bits per heavy atom. The molecule has 0 radical (unpaired) electrons. The average molecular weight is 316 g/mol. The number of benzene rings is 1. The van der Waals surface area contributed by atoms with Gasteiger partial charge in [0.25, 0.3) is 5.91 Å². The standard InChI is InChI=1S/C17H24N4O2/c1-13(2)20(3)12-10-18-17(22)16-9-11-21(19-16)14-5-7-15(23-4)8-6-14/h5-9,11,13H,10,12H2,1-4H3,(H,18,22). The summed E-state index contributed by atoms with van der Waals surface area (Å²) in [6.45, 7) is 5.65. The molecule has 6 heteroatoms. The molecule has 2 aromatic rings. The van der Waals surface area contributed by atoms with Crippen molar-refractivity contribution in [2.45, 2.75) is 19.9 Å². The number of rotatable bonds is 7. The van der Waals surface area contributed by atoms with Gasteiger partial charge in [0.05, 0.1) is 12.8 Å². The molecule has 0 bridgehead atoms. The summed E-state index contributed by atoms with van der Waals surface area (Å²) in [6, 6.07) is 9.68. The number of methoxy groups -OCH3 is 1. The fourth-order valence-electron chi connectivity index (χ4n) is 2.02. The fraction of sp³-hybridized carbons (Fsp3) is 0.412. The molecule has 1 heterocycles. The quantitative estimate of drug-likeness (QED) is 0.848. The highest BCUT2D eigenvalue weighted by molar-refractivity contribution is 5.92. The number of nitrogens with zero attached hydrogens (tertiary/aromatic N) is 3. The van der Waals surface area contributed by atoms with Gasteiger partial charge in [0, 0.05) is 25.3 Å². The second-order valence-electron chi connectivity index (χ2n) is 5.67. The van der Waals surface area contributed by atoms with E-state index in [1.807, 2.05) is 31.3 Å². The van der Waals surface area contributed by atoms with E-state index in [1.54, 1.807) is 24.1 Å². The highest BCUT2D eigenvalue weighted by Crippen LogP contribution is 2.14. The number of amides is 1. The second kappa shape index (κ2) is 7.78. The first-order valence-electron chi connectivity index (χ1n) is 7.70. The molecule has 0 fully saturated rings. The summed E-state index contributed by atoms with van der Waals surface area (Å²) in [5.74, 6) is 0.627. The van der Waals surface area contributed by atoms with Crippen LogP contribution in [0.15, 0.2) is 36.5 Å². The highest BCUT2D eigenvalue weighted by atomic mass is 16.5. The van der Waals surface area contributed by atoms with Crippen molar-refractivity contribution in [2.24, 2.45) is 0 Å². The molecule has 0 aliphatic carbocycles. The molecule has 0 saturated heterocycles. The van der Waals surface area contributed by atoms with E-state index in [2.05, 4.69) is 29.2 Å². The number of ether oxygens (including phenoxy) is 1. The minimum atomic E-state index is -0.158. The monoisotopic (exact) mass is 316 g/mol. The largest absolute Gasteiger partial charge is 0.497 e. The molecule has 0 unspecified atom stereocenters. The molecule has 0 saturated carbocycles. The molecule has 1 amide bonds. The first-order valence-corrected chi connectivity index (χ1v) is 7.70. The van der Waals surface area contributed by atoms with Crippen LogP contribution in [0.1, 0.15) is 24.3 Å². The Kier molecular flexibility index (Phi) is 5.76. The number of nitrogens with one attached hydrogen (secondary N) is 1. The lowest BCUT2D eigenvalue weighted by Gasteiger charge is -2.20. The zero-order valence-electron chi connectivity index (χ0n) is 14.1. The lowest BCUT2D eigenvalue weighted by molar-refractivity contribution is 0.0942. The predicted octanol–water partition coefficient (Wildman–Crippen LogP) is 1.95. The maximum absolute atomic E-state index is 12.1. The Bertz CT molecular complexity index is 634. The van der Waals surface area contributed by atoms with E-state index in [-0.39, 0.29) is 5.91 Å². The normalized spacial score (nSPS) is 11.0. The minimum Gasteiger partial charge on any atom is -0.497 e. The van der Waals surface area contributed by atoms with Crippen LogP contribution in [-0.2, 0) is 0 Å². The first kappa shape index (κ1) is 17.0. The van der Waals surface area contributed by atoms with Crippen LogP contribution in [0.5, 0.6) is 5.75 Å². The average Bonchev–Trinajstić information content (AvgIpc) is 3.04. The van der Waals surface area contributed by atoms with Crippen molar-refractivity contribution in [3.8, 4) is 11.4 Å². The molecule has 0 atom stereocenters. The van der Waals surface area contributed by atoms with E-state index in [9.17, 15) is 4.79 Å². The zero-order valence-corrected chi connectivity index (χ0v) is 14.1. The molecule has 23 heavy (non-hydrogen) atoms. The molecule has 0 spiro atoms. The summed E-state index contributed by atoms with van der Waals surface area (Å²) >= 11 is 0. The van der Waals surface area contributed by atoms with Crippen molar-refractivity contribution in [1.82, 2.24) is 20.0 Å². The fourth-order valence-corrected chi connectivity index (χ4v) is 2.02. The summed E-state index contributed by atoms with van der Waals surface area (Å²) in [6.07, 6.45) is 1.77. The van der Waals surface area contributed by atoms with Crippen LogP contribution < -0.4 is 10.1 Å². The third kappa shape index (κ3) is 4.56. The zero-order chi connectivity index (χ0) is 16.8. The summed E-state index contributed by atoms with van der Waals surface area (Å²) in [7, 11) is 3.66. The van der Waals surface area contributed by atoms with Gasteiger partial charge >= 0.3 is 0 Å². The summed E-state index contributed by atoms with van der Waals surface area (Å²) < 4.78 is 6.81. The van der Waals surface area contributed by atoms with Crippen molar-refractivity contribution >= 4 is 5.91 Å². The number of likely N-dealkylation sites (N-methyl/N-ethyl adjacent to an activating group) is 1. The highest BCUT2D eigenvalue weighted by Gasteiger charge is 2.10. The Hall–Kier alpha value is -2.34. The molecular formula is C17H24N4O2. The van der Waals surface area contributed by atoms with Crippen LogP contribution in [0.25, 0.3) is 5.69 Å². The van der Waals surface area contributed by atoms with Gasteiger partial charge in [-0.3, -0.25) is 4.79 Å². The topological polar surface area (TPSA) is 59.4 Å². The van der Waals surface area contributed by atoms with E-state index in [4.69, 9.17) is 4.74 Å². The van der Waals surface area contributed by atoms with Gasteiger partial charge in [-0.2, -0.15) is 5.10 Å². The molecule has 0 aliphatic rings. The number of hydrogen-bond donors (Lipinski definition) is 1. The maximum Gasteiger partial charge on any atom is 0.271 e. The SMILES string of the molecule is COc1ccc(-n2ccc(C(=O)NCCN(C)C(C)C)n2)cc1. The summed E-state index contributed by atoms with van der Waals surface area (Å²) in [4.78, 5) is 14.3. The van der Waals surface area contributed by atoms with Crippen molar-refractivity contribution < 1.29 is 9.53 Å². The van der Waals surface area contributed by atoms with E-state index < -0.39 is 0 Å². The van der Waals surface area contributed by atoms with Crippen molar-refractivity contribution in [2.75, 3.05) is 27.2 Å². The molecule has 0 aliphatic heterocycles. The third-order valence-corrected chi connectivity index (χ3v) is 3.79. The number of carbonyl (C=O) groups is 1. The van der Waals surface area contributed by atoms with Crippen LogP contribution in [0.4, 0.5) is 0 Å². The van der Waals surface area contributed by atoms with E-state index in [0.29, 0.717) is 18.3 Å². The van der Waals surface area contributed by atoms with Crippen molar-refractivity contribution in [3.05, 3.63) is 42.2 Å². The molecule has 2 rings (SSSR count). The van der Waals surface area contributed by atoms with Crippen LogP contribution >= 0.6 is 0 Å². The van der Waals surface area contributed by atoms with E-state index in [0.717, 1.165) is 18.0 Å². The summed E-state index contributed by atoms with van der Waals surface area (Å²) in [5, 5.41) is 7.21. The minimum absolute atomic E-state index is 0.158. The number of hydrogen-bond acceptors (Lipinski definition) is 4. The smallest absolute Gasteiger partial charge is 0.271 e. The molecule has 6 nitrogen and oxygen atoms in total. The lowest BCUT2D eigenvalue weighted by Crippen LogP contribution is -2.36. The molecule has 1 aromatic heterocycles. The van der Waals surface area contributed by atoms with Gasteiger partial charge in [-0.1, -0.05) is 0 Å². The summed E-state index contributed by atoms with van der Waals surface area (Å²) in [5.41, 5.74) is 1.29. The molecule has 124 valence electrons. The maximum atomic E-state index is 12.1. The lowest BCUT2D eigenvalue weighted by atomic mass is 10.3. The number of aromatic nitrogens is 2.